The number of thiazole rings is 1. The Balaban J connectivity index is 1.43. The number of nitrogens with one attached hydrogen (secondary N) is 1. The number of para-hydroxylation sites is 1. The zero-order valence-corrected chi connectivity index (χ0v) is 23.5. The van der Waals surface area contributed by atoms with Crippen molar-refractivity contribution in [1.29, 1.82) is 0 Å². The number of rotatable bonds is 6. The van der Waals surface area contributed by atoms with Crippen LogP contribution < -0.4 is 15.1 Å². The van der Waals surface area contributed by atoms with Crippen LogP contribution in [0.2, 0.25) is 0 Å². The maximum Gasteiger partial charge on any atom is 0.338 e. The minimum absolute atomic E-state index is 0.208. The molecule has 3 aromatic rings. The normalized spacial score (nSPS) is 19.4. The van der Waals surface area contributed by atoms with Gasteiger partial charge in [0.2, 0.25) is 17.7 Å². The average molecular weight is 566 g/mol. The highest BCUT2D eigenvalue weighted by atomic mass is 32.2. The third kappa shape index (κ3) is 4.59. The third-order valence-electron chi connectivity index (χ3n) is 7.06. The number of esters is 1. The van der Waals surface area contributed by atoms with Crippen molar-refractivity contribution in [3.05, 3.63) is 74.2 Å². The number of amides is 3. The van der Waals surface area contributed by atoms with Crippen molar-refractivity contribution in [2.24, 2.45) is 5.92 Å². The number of ether oxygens (including phenoxy) is 1. The minimum atomic E-state index is -0.820. The lowest BCUT2D eigenvalue weighted by Gasteiger charge is -2.36. The molecule has 3 heterocycles. The van der Waals surface area contributed by atoms with E-state index in [1.165, 1.54) is 16.7 Å². The number of aryl methyl sites for hydroxylation is 1. The molecule has 0 unspecified atom stereocenters. The van der Waals surface area contributed by atoms with Gasteiger partial charge >= 0.3 is 10.8 Å². The summed E-state index contributed by atoms with van der Waals surface area (Å²) in [7, 11) is 0. The molecule has 2 aromatic carbocycles. The van der Waals surface area contributed by atoms with Crippen molar-refractivity contribution in [3.8, 4) is 0 Å². The van der Waals surface area contributed by atoms with Gasteiger partial charge in [-0.1, -0.05) is 55.1 Å². The molecule has 0 spiro atoms. The quantitative estimate of drug-likeness (QED) is 0.355. The van der Waals surface area contributed by atoms with E-state index < -0.39 is 28.5 Å². The fourth-order valence-electron chi connectivity index (χ4n) is 5.03. The number of aromatic nitrogens is 1. The van der Waals surface area contributed by atoms with Gasteiger partial charge in [-0.25, -0.2) is 9.69 Å². The number of thioether (sulfide) groups is 1. The molecular formula is C28H27N3O6S2. The van der Waals surface area contributed by atoms with Gasteiger partial charge in [-0.05, 0) is 49.7 Å². The fourth-order valence-corrected chi connectivity index (χ4v) is 8.07. The fraction of sp³-hybridized carbons (Fsp3) is 0.321. The molecule has 3 amide bonds. The number of anilines is 2. The topological polar surface area (TPSA) is 115 Å². The summed E-state index contributed by atoms with van der Waals surface area (Å²) in [6.07, 6.45) is 0. The lowest BCUT2D eigenvalue weighted by atomic mass is 9.76. The standard InChI is InChI=1S/C28H27N3O6S2/c1-5-37-26(35)16-10-12-17(13-11-16)31-23(33)20-21(24(31)34)38-25-22(28(20,3)4)39-27(36)30(25)14-19(32)29-18-9-7-6-8-15(18)2/h6-13,20-21H,5,14H2,1-4H3,(H,29,32)/t20-,21+/m1/s1. The molecular weight excluding hydrogens is 538 g/mol. The number of fused-ring (bicyclic) bond motifs is 2. The van der Waals surface area contributed by atoms with Gasteiger partial charge in [-0.15, -0.1) is 0 Å². The van der Waals surface area contributed by atoms with E-state index in [4.69, 9.17) is 4.74 Å². The highest BCUT2D eigenvalue weighted by Crippen LogP contribution is 2.54. The van der Waals surface area contributed by atoms with Crippen molar-refractivity contribution < 1.29 is 23.9 Å². The second-order valence-electron chi connectivity index (χ2n) is 9.97. The van der Waals surface area contributed by atoms with Crippen LogP contribution >= 0.6 is 23.1 Å². The number of carbonyl (C=O) groups excluding carboxylic acids is 4. The molecule has 11 heteroatoms. The molecule has 2 atom stereocenters. The number of imide groups is 1. The molecule has 39 heavy (non-hydrogen) atoms. The molecule has 1 saturated heterocycles. The number of benzene rings is 2. The molecule has 0 saturated carbocycles. The van der Waals surface area contributed by atoms with Crippen LogP contribution in [0.3, 0.4) is 0 Å². The number of nitrogens with zero attached hydrogens (tertiary/aromatic N) is 2. The van der Waals surface area contributed by atoms with E-state index in [1.807, 2.05) is 39.0 Å². The first-order valence-corrected chi connectivity index (χ1v) is 14.2. The first-order chi connectivity index (χ1) is 18.5. The van der Waals surface area contributed by atoms with Gasteiger partial charge < -0.3 is 10.1 Å². The van der Waals surface area contributed by atoms with Crippen LogP contribution in [0, 0.1) is 12.8 Å². The Morgan fingerprint density at radius 1 is 1.03 bits per heavy atom. The highest BCUT2D eigenvalue weighted by Gasteiger charge is 2.59. The SMILES string of the molecule is CCOC(=O)c1ccc(N2C(=O)[C@H]3Sc4c(sc(=O)n4CC(=O)Nc4ccccc4C)C(C)(C)[C@H]3C2=O)cc1. The first-order valence-electron chi connectivity index (χ1n) is 12.5. The number of hydrogen-bond acceptors (Lipinski definition) is 8. The van der Waals surface area contributed by atoms with Gasteiger partial charge in [0.1, 0.15) is 11.8 Å². The van der Waals surface area contributed by atoms with E-state index in [1.54, 1.807) is 25.1 Å². The molecule has 0 radical (unpaired) electrons. The van der Waals surface area contributed by atoms with Crippen LogP contribution in [0.5, 0.6) is 0 Å². The summed E-state index contributed by atoms with van der Waals surface area (Å²) < 4.78 is 6.40. The molecule has 202 valence electrons. The Labute approximate surface area is 233 Å². The molecule has 1 aromatic heterocycles. The minimum Gasteiger partial charge on any atom is -0.462 e. The van der Waals surface area contributed by atoms with Crippen molar-refractivity contribution in [2.75, 3.05) is 16.8 Å². The Bertz CT molecular complexity index is 1560. The number of carbonyl (C=O) groups is 4. The Morgan fingerprint density at radius 3 is 2.38 bits per heavy atom. The average Bonchev–Trinajstić information content (AvgIpc) is 3.34. The maximum atomic E-state index is 13.7. The van der Waals surface area contributed by atoms with Crippen molar-refractivity contribution in [3.63, 3.8) is 0 Å². The zero-order chi connectivity index (χ0) is 28.1. The van der Waals surface area contributed by atoms with Gasteiger partial charge in [-0.3, -0.25) is 23.7 Å². The molecule has 0 aliphatic carbocycles. The monoisotopic (exact) mass is 565 g/mol. The lowest BCUT2D eigenvalue weighted by Crippen LogP contribution is -2.42. The van der Waals surface area contributed by atoms with Crippen LogP contribution in [0.4, 0.5) is 11.4 Å². The maximum absolute atomic E-state index is 13.7. The molecule has 2 aliphatic rings. The summed E-state index contributed by atoms with van der Waals surface area (Å²) >= 11 is 2.17. The Hall–Kier alpha value is -3.70. The predicted octanol–water partition coefficient (Wildman–Crippen LogP) is 3.98. The summed E-state index contributed by atoms with van der Waals surface area (Å²) in [4.78, 5) is 66.7. The highest BCUT2D eigenvalue weighted by molar-refractivity contribution is 8.00. The zero-order valence-electron chi connectivity index (χ0n) is 21.8. The Morgan fingerprint density at radius 2 is 1.72 bits per heavy atom. The van der Waals surface area contributed by atoms with E-state index in [2.05, 4.69) is 5.32 Å². The largest absolute Gasteiger partial charge is 0.462 e. The number of hydrogen-bond donors (Lipinski definition) is 1. The second-order valence-corrected chi connectivity index (χ2v) is 12.1. The van der Waals surface area contributed by atoms with Crippen molar-refractivity contribution >= 4 is 58.2 Å². The predicted molar refractivity (Wildman–Crippen MR) is 149 cm³/mol. The van der Waals surface area contributed by atoms with Gasteiger partial charge in [0.25, 0.3) is 0 Å². The molecule has 0 bridgehead atoms. The van der Waals surface area contributed by atoms with E-state index >= 15 is 0 Å². The molecule has 1 N–H and O–H groups in total. The Kier molecular flexibility index (Phi) is 6.98. The van der Waals surface area contributed by atoms with E-state index in [0.29, 0.717) is 26.8 Å². The summed E-state index contributed by atoms with van der Waals surface area (Å²) in [5, 5.41) is 2.63. The lowest BCUT2D eigenvalue weighted by molar-refractivity contribution is -0.123. The molecule has 2 aliphatic heterocycles. The van der Waals surface area contributed by atoms with E-state index in [0.717, 1.165) is 33.6 Å². The molecule has 1 fully saturated rings. The second kappa shape index (κ2) is 10.1. The van der Waals surface area contributed by atoms with Crippen LogP contribution in [0.1, 0.15) is 41.6 Å². The van der Waals surface area contributed by atoms with Gasteiger partial charge in [-0.2, -0.15) is 0 Å². The van der Waals surface area contributed by atoms with Crippen LogP contribution in [-0.4, -0.2) is 40.1 Å². The van der Waals surface area contributed by atoms with E-state index in [9.17, 15) is 24.0 Å². The summed E-state index contributed by atoms with van der Waals surface area (Å²) in [6.45, 7) is 7.34. The smallest absolute Gasteiger partial charge is 0.338 e. The molecule has 5 rings (SSSR count). The van der Waals surface area contributed by atoms with E-state index in [-0.39, 0.29) is 29.8 Å². The summed E-state index contributed by atoms with van der Waals surface area (Å²) in [6, 6.07) is 13.5. The molecule has 9 nitrogen and oxygen atoms in total. The van der Waals surface area contributed by atoms with Gasteiger partial charge in [0.05, 0.1) is 28.8 Å². The van der Waals surface area contributed by atoms with Crippen LogP contribution in [0.15, 0.2) is 58.4 Å². The third-order valence-corrected chi connectivity index (χ3v) is 9.88. The van der Waals surface area contributed by atoms with Crippen LogP contribution in [0.25, 0.3) is 0 Å². The van der Waals surface area contributed by atoms with Crippen molar-refractivity contribution in [2.45, 2.75) is 49.9 Å². The van der Waals surface area contributed by atoms with Gasteiger partial charge in [0.15, 0.2) is 0 Å². The van der Waals surface area contributed by atoms with Crippen molar-refractivity contribution in [1.82, 2.24) is 4.57 Å². The summed E-state index contributed by atoms with van der Waals surface area (Å²) in [5.41, 5.74) is 1.42. The van der Waals surface area contributed by atoms with Crippen LogP contribution in [-0.2, 0) is 31.1 Å². The van der Waals surface area contributed by atoms with Gasteiger partial charge in [0, 0.05) is 16.0 Å². The first kappa shape index (κ1) is 26.9. The summed E-state index contributed by atoms with van der Waals surface area (Å²) in [5.74, 6) is -2.29.